The summed E-state index contributed by atoms with van der Waals surface area (Å²) in [6.07, 6.45) is 1.23. The Balaban J connectivity index is 2.68. The summed E-state index contributed by atoms with van der Waals surface area (Å²) >= 11 is 0. The van der Waals surface area contributed by atoms with Gasteiger partial charge in [0.2, 0.25) is 0 Å². The normalized spacial score (nSPS) is 10.3. The van der Waals surface area contributed by atoms with Gasteiger partial charge in [0.15, 0.2) is 0 Å². The molecular weight excluding hydrogens is 86.1 g/mol. The molecule has 1 heteroatoms. The van der Waals surface area contributed by atoms with Crippen LogP contribution in [-0.4, -0.2) is 6.54 Å². The van der Waals surface area contributed by atoms with Crippen LogP contribution in [0.3, 0.4) is 0 Å². The summed E-state index contributed by atoms with van der Waals surface area (Å²) in [4.78, 5) is 0. The molecule has 1 N–H and O–H groups in total. The highest BCUT2D eigenvalue weighted by atomic mass is 14.8. The van der Waals surface area contributed by atoms with Crippen LogP contribution in [-0.2, 0) is 0 Å². The molecule has 0 aromatic rings. The van der Waals surface area contributed by atoms with E-state index in [1.807, 2.05) is 0 Å². The Morgan fingerprint density at radius 3 is 2.29 bits per heavy atom. The van der Waals surface area contributed by atoms with Crippen LogP contribution in [0.4, 0.5) is 0 Å². The maximum absolute atomic E-state index is 3.51. The minimum Gasteiger partial charge on any atom is -0.315 e. The van der Waals surface area contributed by atoms with Crippen molar-refractivity contribution >= 4 is 0 Å². The molecule has 0 unspecified atom stereocenters. The summed E-state index contributed by atoms with van der Waals surface area (Å²) in [6, 6.07) is 0. The van der Waals surface area contributed by atoms with E-state index in [9.17, 15) is 0 Å². The van der Waals surface area contributed by atoms with Gasteiger partial charge in [-0.05, 0) is 18.9 Å². The number of hydrogen-bond acceptors (Lipinski definition) is 1. The molecule has 1 nitrogen and oxygen atoms in total. The first-order valence-electron chi connectivity index (χ1n) is 2.77. The van der Waals surface area contributed by atoms with Gasteiger partial charge in [0, 0.05) is 7.05 Å². The molecule has 0 saturated heterocycles. The van der Waals surface area contributed by atoms with Gasteiger partial charge in [-0.3, -0.25) is 0 Å². The van der Waals surface area contributed by atoms with Crippen LogP contribution in [0.5, 0.6) is 0 Å². The van der Waals surface area contributed by atoms with Crippen LogP contribution in [0.25, 0.3) is 0 Å². The number of rotatable bonds is 3. The fourth-order valence-electron chi connectivity index (χ4n) is 0.391. The van der Waals surface area contributed by atoms with E-state index in [-0.39, 0.29) is 0 Å². The third-order valence-corrected chi connectivity index (χ3v) is 0.898. The third-order valence-electron chi connectivity index (χ3n) is 0.898. The highest BCUT2D eigenvalue weighted by Crippen LogP contribution is 1.95. The summed E-state index contributed by atoms with van der Waals surface area (Å²) in [5.74, 6) is 0.800. The van der Waals surface area contributed by atoms with E-state index in [4.69, 9.17) is 0 Å². The maximum atomic E-state index is 3.51. The molecule has 0 amide bonds. The van der Waals surface area contributed by atoms with Crippen molar-refractivity contribution < 1.29 is 0 Å². The minimum atomic E-state index is 0.800. The predicted molar refractivity (Wildman–Crippen MR) is 32.8 cm³/mol. The zero-order valence-electron chi connectivity index (χ0n) is 5.20. The van der Waals surface area contributed by atoms with Crippen LogP contribution in [0.1, 0.15) is 20.3 Å². The average Bonchev–Trinajstić information content (AvgIpc) is 1.61. The molecule has 0 aromatic carbocycles. The fourth-order valence-corrected chi connectivity index (χ4v) is 0.391. The highest BCUT2D eigenvalue weighted by Gasteiger charge is 1.88. The van der Waals surface area contributed by atoms with Gasteiger partial charge < -0.3 is 5.32 Å². The van der Waals surface area contributed by atoms with Gasteiger partial charge in [-0.1, -0.05) is 13.8 Å². The lowest BCUT2D eigenvalue weighted by Crippen LogP contribution is -2.07. The van der Waals surface area contributed by atoms with E-state index in [0.717, 1.165) is 12.5 Å². The molecule has 0 heterocycles. The van der Waals surface area contributed by atoms with Crippen LogP contribution in [0.15, 0.2) is 0 Å². The van der Waals surface area contributed by atoms with Crippen LogP contribution < -0.4 is 5.32 Å². The molecular formula is C6H14N. The van der Waals surface area contributed by atoms with Crippen LogP contribution in [0, 0.1) is 13.0 Å². The van der Waals surface area contributed by atoms with Crippen molar-refractivity contribution in [2.45, 2.75) is 20.3 Å². The van der Waals surface area contributed by atoms with Crippen LogP contribution >= 0.6 is 0 Å². The van der Waals surface area contributed by atoms with Gasteiger partial charge in [-0.25, -0.2) is 0 Å². The Bertz CT molecular complexity index is 33.2. The molecule has 7 heavy (non-hydrogen) atoms. The van der Waals surface area contributed by atoms with Crippen molar-refractivity contribution in [3.05, 3.63) is 7.05 Å². The largest absolute Gasteiger partial charge is 0.315 e. The molecule has 0 aliphatic rings. The van der Waals surface area contributed by atoms with Gasteiger partial charge in [0.05, 0.1) is 0 Å². The van der Waals surface area contributed by atoms with E-state index in [2.05, 4.69) is 26.2 Å². The van der Waals surface area contributed by atoms with Crippen molar-refractivity contribution in [3.8, 4) is 0 Å². The predicted octanol–water partition coefficient (Wildman–Crippen LogP) is 1.41. The molecule has 0 aliphatic heterocycles. The molecule has 0 fully saturated rings. The van der Waals surface area contributed by atoms with Gasteiger partial charge >= 0.3 is 0 Å². The van der Waals surface area contributed by atoms with E-state index >= 15 is 0 Å². The molecule has 43 valence electrons. The van der Waals surface area contributed by atoms with Crippen molar-refractivity contribution in [1.82, 2.24) is 5.32 Å². The van der Waals surface area contributed by atoms with Crippen molar-refractivity contribution in [1.29, 1.82) is 0 Å². The second kappa shape index (κ2) is 4.13. The first-order valence-corrected chi connectivity index (χ1v) is 2.77. The average molecular weight is 100 g/mol. The summed E-state index contributed by atoms with van der Waals surface area (Å²) in [7, 11) is 3.51. The lowest BCUT2D eigenvalue weighted by Gasteiger charge is -2.00. The first kappa shape index (κ1) is 6.96. The molecule has 0 aliphatic carbocycles. The smallest absolute Gasteiger partial charge is 0.00767 e. The summed E-state index contributed by atoms with van der Waals surface area (Å²) in [5, 5.41) is 2.85. The van der Waals surface area contributed by atoms with E-state index < -0.39 is 0 Å². The zero-order valence-corrected chi connectivity index (χ0v) is 5.20. The second-order valence-corrected chi connectivity index (χ2v) is 2.18. The molecule has 0 bridgehead atoms. The van der Waals surface area contributed by atoms with Gasteiger partial charge in [0.1, 0.15) is 0 Å². The van der Waals surface area contributed by atoms with E-state index in [1.165, 1.54) is 6.42 Å². The lowest BCUT2D eigenvalue weighted by molar-refractivity contribution is 0.570. The molecule has 0 saturated carbocycles. The standard InChI is InChI=1S/C6H14N/c1-6(2)4-5-7-3/h6-7H,3-5H2,1-2H3. The third kappa shape index (κ3) is 5.96. The lowest BCUT2D eigenvalue weighted by atomic mass is 10.1. The van der Waals surface area contributed by atoms with Crippen molar-refractivity contribution in [2.24, 2.45) is 5.92 Å². The molecule has 0 spiro atoms. The summed E-state index contributed by atoms with van der Waals surface area (Å²) in [6.45, 7) is 5.45. The van der Waals surface area contributed by atoms with E-state index in [1.54, 1.807) is 0 Å². The molecule has 0 rings (SSSR count). The number of hydrogen-bond donors (Lipinski definition) is 1. The zero-order chi connectivity index (χ0) is 5.70. The quantitative estimate of drug-likeness (QED) is 0.565. The van der Waals surface area contributed by atoms with Gasteiger partial charge in [-0.2, -0.15) is 0 Å². The Kier molecular flexibility index (Phi) is 4.10. The Labute approximate surface area is 46.1 Å². The monoisotopic (exact) mass is 100 g/mol. The maximum Gasteiger partial charge on any atom is 0.00767 e. The Hall–Kier alpha value is -0.0400. The van der Waals surface area contributed by atoms with E-state index in [0.29, 0.717) is 0 Å². The van der Waals surface area contributed by atoms with Gasteiger partial charge in [0.25, 0.3) is 0 Å². The second-order valence-electron chi connectivity index (χ2n) is 2.18. The highest BCUT2D eigenvalue weighted by molar-refractivity contribution is 4.47. The van der Waals surface area contributed by atoms with Gasteiger partial charge in [-0.15, -0.1) is 0 Å². The molecule has 0 aromatic heterocycles. The topological polar surface area (TPSA) is 12.0 Å². The first-order chi connectivity index (χ1) is 3.27. The Morgan fingerprint density at radius 1 is 1.57 bits per heavy atom. The van der Waals surface area contributed by atoms with Crippen molar-refractivity contribution in [2.75, 3.05) is 6.54 Å². The molecule has 1 radical (unpaired) electrons. The molecule has 0 atom stereocenters. The summed E-state index contributed by atoms with van der Waals surface area (Å²) in [5.41, 5.74) is 0. The fraction of sp³-hybridized carbons (Fsp3) is 0.833. The Morgan fingerprint density at radius 2 is 2.14 bits per heavy atom. The SMILES string of the molecule is [CH2]NCCC(C)C. The minimum absolute atomic E-state index is 0.800. The van der Waals surface area contributed by atoms with Crippen LogP contribution in [0.2, 0.25) is 0 Å². The number of nitrogens with one attached hydrogen (secondary N) is 1. The van der Waals surface area contributed by atoms with Crippen molar-refractivity contribution in [3.63, 3.8) is 0 Å². The summed E-state index contributed by atoms with van der Waals surface area (Å²) < 4.78 is 0.